The van der Waals surface area contributed by atoms with E-state index in [0.29, 0.717) is 5.02 Å². The monoisotopic (exact) mass is 292 g/mol. The van der Waals surface area contributed by atoms with Crippen LogP contribution < -0.4 is 5.32 Å². The average molecular weight is 293 g/mol. The van der Waals surface area contributed by atoms with Gasteiger partial charge in [0, 0.05) is 11.1 Å². The van der Waals surface area contributed by atoms with Crippen molar-refractivity contribution in [3.05, 3.63) is 64.2 Å². The van der Waals surface area contributed by atoms with Gasteiger partial charge in [0.25, 0.3) is 0 Å². The highest BCUT2D eigenvalue weighted by atomic mass is 35.5. The van der Waals surface area contributed by atoms with Crippen LogP contribution in [0.15, 0.2) is 36.4 Å². The number of hydrogen-bond acceptors (Lipinski definition) is 2. The molecule has 0 spiro atoms. The molecule has 0 aliphatic rings. The molecular weight excluding hydrogens is 282 g/mol. The molecule has 2 aromatic rings. The van der Waals surface area contributed by atoms with E-state index >= 15 is 0 Å². The minimum absolute atomic E-state index is 0.00831. The van der Waals surface area contributed by atoms with E-state index in [2.05, 4.69) is 5.32 Å². The summed E-state index contributed by atoms with van der Waals surface area (Å²) in [6.07, 6.45) is 0. The number of nitriles is 1. The Kier molecular flexibility index (Phi) is 4.21. The molecule has 0 heterocycles. The molecule has 2 nitrogen and oxygen atoms in total. The summed E-state index contributed by atoms with van der Waals surface area (Å²) in [7, 11) is 0. The third kappa shape index (κ3) is 2.89. The minimum atomic E-state index is -1.14. The number of anilines is 1. The topological polar surface area (TPSA) is 35.8 Å². The van der Waals surface area contributed by atoms with Gasteiger partial charge in [-0.3, -0.25) is 0 Å². The van der Waals surface area contributed by atoms with Crippen molar-refractivity contribution >= 4 is 17.3 Å². The lowest BCUT2D eigenvalue weighted by atomic mass is 10.1. The van der Waals surface area contributed by atoms with Gasteiger partial charge in [0.15, 0.2) is 11.6 Å². The molecule has 1 atom stereocenters. The predicted molar refractivity (Wildman–Crippen MR) is 74.6 cm³/mol. The number of rotatable bonds is 3. The van der Waals surface area contributed by atoms with E-state index in [9.17, 15) is 8.78 Å². The van der Waals surface area contributed by atoms with E-state index in [1.807, 2.05) is 6.07 Å². The highest BCUT2D eigenvalue weighted by Crippen LogP contribution is 2.25. The summed E-state index contributed by atoms with van der Waals surface area (Å²) < 4.78 is 27.3. The van der Waals surface area contributed by atoms with Crippen molar-refractivity contribution in [2.24, 2.45) is 0 Å². The molecule has 2 rings (SSSR count). The molecule has 0 aliphatic carbocycles. The van der Waals surface area contributed by atoms with Gasteiger partial charge < -0.3 is 5.32 Å². The Bertz CT molecular complexity index is 680. The number of halogens is 3. The maximum absolute atomic E-state index is 13.8. The van der Waals surface area contributed by atoms with Gasteiger partial charge >= 0.3 is 0 Å². The molecule has 5 heteroatoms. The van der Waals surface area contributed by atoms with Crippen molar-refractivity contribution in [3.8, 4) is 6.07 Å². The lowest BCUT2D eigenvalue weighted by molar-refractivity contribution is 0.507. The molecule has 0 aliphatic heterocycles. The molecule has 1 unspecified atom stereocenters. The lowest BCUT2D eigenvalue weighted by Gasteiger charge is -2.17. The summed E-state index contributed by atoms with van der Waals surface area (Å²) in [5.74, 6) is -2.20. The van der Waals surface area contributed by atoms with Crippen LogP contribution in [0.4, 0.5) is 14.5 Å². The van der Waals surface area contributed by atoms with Crippen LogP contribution in [0.2, 0.25) is 5.02 Å². The lowest BCUT2D eigenvalue weighted by Crippen LogP contribution is -2.09. The first-order chi connectivity index (χ1) is 9.52. The summed E-state index contributed by atoms with van der Waals surface area (Å²) in [6.45, 7) is 1.81. The van der Waals surface area contributed by atoms with Crippen LogP contribution >= 0.6 is 11.6 Å². The van der Waals surface area contributed by atoms with Crippen LogP contribution in [-0.4, -0.2) is 0 Å². The summed E-state index contributed by atoms with van der Waals surface area (Å²) in [5.41, 5.74) is 0.541. The zero-order valence-electron chi connectivity index (χ0n) is 10.6. The van der Waals surface area contributed by atoms with E-state index in [-0.39, 0.29) is 17.3 Å². The molecule has 1 N–H and O–H groups in total. The number of hydrogen-bond donors (Lipinski definition) is 1. The average Bonchev–Trinajstić information content (AvgIpc) is 2.44. The van der Waals surface area contributed by atoms with E-state index in [1.165, 1.54) is 12.1 Å². The Morgan fingerprint density at radius 2 is 1.95 bits per heavy atom. The molecule has 0 fully saturated rings. The third-order valence-corrected chi connectivity index (χ3v) is 3.16. The fraction of sp³-hybridized carbons (Fsp3) is 0.133. The quantitative estimate of drug-likeness (QED) is 0.893. The van der Waals surface area contributed by atoms with Crippen molar-refractivity contribution in [2.45, 2.75) is 13.0 Å². The smallest absolute Gasteiger partial charge is 0.183 e. The van der Waals surface area contributed by atoms with Crippen LogP contribution in [-0.2, 0) is 0 Å². The molecule has 20 heavy (non-hydrogen) atoms. The first-order valence-corrected chi connectivity index (χ1v) is 6.31. The minimum Gasteiger partial charge on any atom is -0.376 e. The Morgan fingerprint density at radius 3 is 2.60 bits per heavy atom. The van der Waals surface area contributed by atoms with Gasteiger partial charge in [0.1, 0.15) is 6.07 Å². The summed E-state index contributed by atoms with van der Waals surface area (Å²) in [5, 5.41) is 12.1. The molecule has 2 aromatic carbocycles. The van der Waals surface area contributed by atoms with Crippen LogP contribution in [0, 0.1) is 23.0 Å². The van der Waals surface area contributed by atoms with E-state index < -0.39 is 11.6 Å². The first-order valence-electron chi connectivity index (χ1n) is 5.93. The first kappa shape index (κ1) is 14.3. The van der Waals surface area contributed by atoms with Gasteiger partial charge in [-0.25, -0.2) is 8.78 Å². The SMILES string of the molecule is CC(Nc1ccc(C#N)c(F)c1F)c1cccc(Cl)c1. The van der Waals surface area contributed by atoms with Crippen molar-refractivity contribution in [3.63, 3.8) is 0 Å². The molecule has 102 valence electrons. The van der Waals surface area contributed by atoms with Crippen molar-refractivity contribution in [2.75, 3.05) is 5.32 Å². The summed E-state index contributed by atoms with van der Waals surface area (Å²) in [6, 6.07) is 11.0. The van der Waals surface area contributed by atoms with E-state index in [0.717, 1.165) is 5.56 Å². The van der Waals surface area contributed by atoms with Gasteiger partial charge in [0.2, 0.25) is 0 Å². The Morgan fingerprint density at radius 1 is 1.20 bits per heavy atom. The van der Waals surface area contributed by atoms with Gasteiger partial charge in [-0.05, 0) is 36.8 Å². The standard InChI is InChI=1S/C15H11ClF2N2/c1-9(10-3-2-4-12(16)7-10)20-13-6-5-11(8-19)14(17)15(13)18/h2-7,9,20H,1H3. The fourth-order valence-corrected chi connectivity index (χ4v) is 2.04. The highest BCUT2D eigenvalue weighted by Gasteiger charge is 2.15. The maximum Gasteiger partial charge on any atom is 0.183 e. The molecule has 0 amide bonds. The second-order valence-electron chi connectivity index (χ2n) is 4.32. The van der Waals surface area contributed by atoms with Gasteiger partial charge in [-0.2, -0.15) is 5.26 Å². The Labute approximate surface area is 120 Å². The number of nitrogens with zero attached hydrogens (tertiary/aromatic N) is 1. The van der Waals surface area contributed by atoms with Crippen LogP contribution in [0.3, 0.4) is 0 Å². The Hall–Kier alpha value is -2.12. The maximum atomic E-state index is 13.8. The molecule has 0 aromatic heterocycles. The molecular formula is C15H11ClF2N2. The molecule has 0 saturated carbocycles. The van der Waals surface area contributed by atoms with Gasteiger partial charge in [-0.1, -0.05) is 23.7 Å². The fourth-order valence-electron chi connectivity index (χ4n) is 1.84. The zero-order chi connectivity index (χ0) is 14.7. The van der Waals surface area contributed by atoms with Crippen LogP contribution in [0.1, 0.15) is 24.1 Å². The van der Waals surface area contributed by atoms with Crippen molar-refractivity contribution < 1.29 is 8.78 Å². The number of nitrogens with one attached hydrogen (secondary N) is 1. The molecule has 0 bridgehead atoms. The van der Waals surface area contributed by atoms with Crippen LogP contribution in [0.5, 0.6) is 0 Å². The zero-order valence-corrected chi connectivity index (χ0v) is 11.4. The van der Waals surface area contributed by atoms with Crippen LogP contribution in [0.25, 0.3) is 0 Å². The molecule has 0 radical (unpaired) electrons. The summed E-state index contributed by atoms with van der Waals surface area (Å²) in [4.78, 5) is 0. The largest absolute Gasteiger partial charge is 0.376 e. The van der Waals surface area contributed by atoms with Crippen molar-refractivity contribution in [1.29, 1.82) is 5.26 Å². The normalized spacial score (nSPS) is 11.8. The van der Waals surface area contributed by atoms with Crippen molar-refractivity contribution in [1.82, 2.24) is 0 Å². The van der Waals surface area contributed by atoms with Gasteiger partial charge in [-0.15, -0.1) is 0 Å². The van der Waals surface area contributed by atoms with Gasteiger partial charge in [0.05, 0.1) is 11.3 Å². The highest BCUT2D eigenvalue weighted by molar-refractivity contribution is 6.30. The third-order valence-electron chi connectivity index (χ3n) is 2.92. The summed E-state index contributed by atoms with van der Waals surface area (Å²) >= 11 is 5.89. The van der Waals surface area contributed by atoms with E-state index in [1.54, 1.807) is 31.2 Å². The van der Waals surface area contributed by atoms with E-state index in [4.69, 9.17) is 16.9 Å². The second-order valence-corrected chi connectivity index (χ2v) is 4.76. The Balaban J connectivity index is 2.27. The second kappa shape index (κ2) is 5.89. The predicted octanol–water partition coefficient (Wildman–Crippen LogP) is 4.66. The number of benzene rings is 2. The molecule has 0 saturated heterocycles.